The van der Waals surface area contributed by atoms with Crippen molar-refractivity contribution in [1.29, 1.82) is 0 Å². The highest BCUT2D eigenvalue weighted by Gasteiger charge is 2.23. The average molecular weight is 361 g/mol. The van der Waals surface area contributed by atoms with Crippen molar-refractivity contribution in [2.45, 2.75) is 32.4 Å². The Bertz CT molecular complexity index is 637. The molecule has 1 aromatic carbocycles. The molecule has 1 aromatic rings. The molecule has 0 saturated carbocycles. The first-order valence-corrected chi connectivity index (χ1v) is 8.81. The number of piperidine rings is 1. The zero-order chi connectivity index (χ0) is 18.9. The SMILES string of the molecule is CCOC(=O)N1CCC(NC(=NC)NCc2ccc(C(N)=O)cc2)CC1. The number of hydrogen-bond acceptors (Lipinski definition) is 4. The molecule has 1 fully saturated rings. The lowest BCUT2D eigenvalue weighted by Gasteiger charge is -2.32. The number of nitrogens with one attached hydrogen (secondary N) is 2. The van der Waals surface area contributed by atoms with Crippen LogP contribution in [0.3, 0.4) is 0 Å². The number of carbonyl (C=O) groups excluding carboxylic acids is 2. The van der Waals surface area contributed by atoms with Gasteiger partial charge in [-0.15, -0.1) is 0 Å². The van der Waals surface area contributed by atoms with Gasteiger partial charge in [-0.3, -0.25) is 9.79 Å². The van der Waals surface area contributed by atoms with Crippen molar-refractivity contribution in [2.75, 3.05) is 26.7 Å². The Labute approximate surface area is 153 Å². The fraction of sp³-hybridized carbons (Fsp3) is 0.500. The van der Waals surface area contributed by atoms with Crippen LogP contribution in [0.25, 0.3) is 0 Å². The molecule has 142 valence electrons. The molecular weight excluding hydrogens is 334 g/mol. The quantitative estimate of drug-likeness (QED) is 0.537. The highest BCUT2D eigenvalue weighted by Crippen LogP contribution is 2.11. The van der Waals surface area contributed by atoms with E-state index < -0.39 is 5.91 Å². The third-order valence-electron chi connectivity index (χ3n) is 4.28. The largest absolute Gasteiger partial charge is 0.450 e. The Hall–Kier alpha value is -2.77. The van der Waals surface area contributed by atoms with Crippen LogP contribution in [0.15, 0.2) is 29.3 Å². The number of ether oxygens (including phenoxy) is 1. The number of rotatable bonds is 5. The van der Waals surface area contributed by atoms with Gasteiger partial charge in [0.1, 0.15) is 0 Å². The van der Waals surface area contributed by atoms with E-state index >= 15 is 0 Å². The number of guanidine groups is 1. The molecule has 0 aromatic heterocycles. The molecule has 0 unspecified atom stereocenters. The van der Waals surface area contributed by atoms with Crippen molar-refractivity contribution in [1.82, 2.24) is 15.5 Å². The summed E-state index contributed by atoms with van der Waals surface area (Å²) in [5, 5.41) is 6.64. The van der Waals surface area contributed by atoms with E-state index in [1.54, 1.807) is 24.1 Å². The number of benzene rings is 1. The van der Waals surface area contributed by atoms with Crippen molar-refractivity contribution < 1.29 is 14.3 Å². The zero-order valence-corrected chi connectivity index (χ0v) is 15.3. The predicted octanol–water partition coefficient (Wildman–Crippen LogP) is 1.07. The van der Waals surface area contributed by atoms with Crippen LogP contribution < -0.4 is 16.4 Å². The summed E-state index contributed by atoms with van der Waals surface area (Å²) >= 11 is 0. The lowest BCUT2D eigenvalue weighted by atomic mass is 10.1. The Morgan fingerprint density at radius 2 is 1.92 bits per heavy atom. The van der Waals surface area contributed by atoms with Gasteiger partial charge in [0.05, 0.1) is 6.61 Å². The minimum Gasteiger partial charge on any atom is -0.450 e. The standard InChI is InChI=1S/C18H27N5O3/c1-3-26-18(25)23-10-8-15(9-11-23)22-17(20-2)21-12-13-4-6-14(7-5-13)16(19)24/h4-7,15H,3,8-12H2,1-2H3,(H2,19,24)(H2,20,21,22). The molecule has 0 atom stereocenters. The molecule has 0 radical (unpaired) electrons. The number of hydrogen-bond donors (Lipinski definition) is 3. The summed E-state index contributed by atoms with van der Waals surface area (Å²) in [5.74, 6) is 0.273. The third kappa shape index (κ3) is 5.65. The molecule has 4 N–H and O–H groups in total. The summed E-state index contributed by atoms with van der Waals surface area (Å²) in [7, 11) is 1.72. The van der Waals surface area contributed by atoms with E-state index in [2.05, 4.69) is 15.6 Å². The van der Waals surface area contributed by atoms with Crippen LogP contribution in [0.5, 0.6) is 0 Å². The zero-order valence-electron chi connectivity index (χ0n) is 15.3. The second-order valence-corrected chi connectivity index (χ2v) is 6.09. The predicted molar refractivity (Wildman–Crippen MR) is 99.9 cm³/mol. The number of nitrogens with two attached hydrogens (primary N) is 1. The molecule has 2 amide bonds. The van der Waals surface area contributed by atoms with Crippen molar-refractivity contribution >= 4 is 18.0 Å². The van der Waals surface area contributed by atoms with Crippen molar-refractivity contribution in [3.8, 4) is 0 Å². The third-order valence-corrected chi connectivity index (χ3v) is 4.28. The molecule has 0 spiro atoms. The summed E-state index contributed by atoms with van der Waals surface area (Å²) in [6, 6.07) is 7.39. The van der Waals surface area contributed by atoms with Gasteiger partial charge in [-0.1, -0.05) is 12.1 Å². The van der Waals surface area contributed by atoms with Gasteiger partial charge in [0.25, 0.3) is 0 Å². The first kappa shape index (κ1) is 19.6. The maximum atomic E-state index is 11.7. The normalized spacial score (nSPS) is 15.5. The molecule has 8 nitrogen and oxygen atoms in total. The lowest BCUT2D eigenvalue weighted by molar-refractivity contribution is 0.0961. The van der Waals surface area contributed by atoms with Gasteiger partial charge >= 0.3 is 6.09 Å². The van der Waals surface area contributed by atoms with E-state index in [4.69, 9.17) is 10.5 Å². The maximum absolute atomic E-state index is 11.7. The van der Waals surface area contributed by atoms with Gasteiger partial charge < -0.3 is 26.0 Å². The van der Waals surface area contributed by atoms with Gasteiger partial charge in [-0.05, 0) is 37.5 Å². The van der Waals surface area contributed by atoms with E-state index in [9.17, 15) is 9.59 Å². The molecule has 26 heavy (non-hydrogen) atoms. The number of aliphatic imine (C=N–C) groups is 1. The first-order chi connectivity index (χ1) is 12.5. The van der Waals surface area contributed by atoms with E-state index in [1.807, 2.05) is 19.1 Å². The number of carbonyl (C=O) groups is 2. The Morgan fingerprint density at radius 3 is 2.46 bits per heavy atom. The van der Waals surface area contributed by atoms with Crippen molar-refractivity contribution in [3.63, 3.8) is 0 Å². The molecule has 0 bridgehead atoms. The molecule has 1 aliphatic rings. The van der Waals surface area contributed by atoms with Gasteiger partial charge in [0.2, 0.25) is 5.91 Å². The second-order valence-electron chi connectivity index (χ2n) is 6.09. The van der Waals surface area contributed by atoms with Crippen LogP contribution in [-0.2, 0) is 11.3 Å². The number of nitrogens with zero attached hydrogens (tertiary/aromatic N) is 2. The Balaban J connectivity index is 1.78. The van der Waals surface area contributed by atoms with Crippen LogP contribution in [0.1, 0.15) is 35.7 Å². The van der Waals surface area contributed by atoms with Gasteiger partial charge in [-0.2, -0.15) is 0 Å². The summed E-state index contributed by atoms with van der Waals surface area (Å²) in [6.07, 6.45) is 1.44. The fourth-order valence-corrected chi connectivity index (χ4v) is 2.78. The van der Waals surface area contributed by atoms with Crippen LogP contribution in [-0.4, -0.2) is 55.6 Å². The molecule has 1 saturated heterocycles. The van der Waals surface area contributed by atoms with Crippen molar-refractivity contribution in [3.05, 3.63) is 35.4 Å². The molecule has 1 heterocycles. The highest BCUT2D eigenvalue weighted by atomic mass is 16.6. The van der Waals surface area contributed by atoms with E-state index in [0.717, 1.165) is 18.4 Å². The smallest absolute Gasteiger partial charge is 0.409 e. The van der Waals surface area contributed by atoms with Crippen LogP contribution >= 0.6 is 0 Å². The summed E-state index contributed by atoms with van der Waals surface area (Å²) in [6.45, 7) is 4.13. The molecule has 0 aliphatic carbocycles. The summed E-state index contributed by atoms with van der Waals surface area (Å²) < 4.78 is 5.03. The lowest BCUT2D eigenvalue weighted by Crippen LogP contribution is -2.49. The minimum absolute atomic E-state index is 0.243. The monoisotopic (exact) mass is 361 g/mol. The second kappa shape index (κ2) is 9.65. The van der Waals surface area contributed by atoms with E-state index in [1.165, 1.54) is 0 Å². The average Bonchev–Trinajstić information content (AvgIpc) is 2.66. The van der Waals surface area contributed by atoms with E-state index in [0.29, 0.717) is 37.8 Å². The van der Waals surface area contributed by atoms with Crippen LogP contribution in [0, 0.1) is 0 Å². The van der Waals surface area contributed by atoms with Gasteiger partial charge in [-0.25, -0.2) is 4.79 Å². The Kier molecular flexibility index (Phi) is 7.25. The molecular formula is C18H27N5O3. The highest BCUT2D eigenvalue weighted by molar-refractivity contribution is 5.92. The summed E-state index contributed by atoms with van der Waals surface area (Å²) in [5.41, 5.74) is 6.75. The van der Waals surface area contributed by atoms with Gasteiger partial charge in [0.15, 0.2) is 5.96 Å². The Morgan fingerprint density at radius 1 is 1.27 bits per heavy atom. The van der Waals surface area contributed by atoms with Crippen LogP contribution in [0.2, 0.25) is 0 Å². The fourth-order valence-electron chi connectivity index (χ4n) is 2.78. The summed E-state index contributed by atoms with van der Waals surface area (Å²) in [4.78, 5) is 28.8. The number of likely N-dealkylation sites (tertiary alicyclic amines) is 1. The van der Waals surface area contributed by atoms with Crippen molar-refractivity contribution in [2.24, 2.45) is 10.7 Å². The van der Waals surface area contributed by atoms with Gasteiger partial charge in [0, 0.05) is 38.3 Å². The molecule has 2 rings (SSSR count). The van der Waals surface area contributed by atoms with E-state index in [-0.39, 0.29) is 12.1 Å². The number of primary amides is 1. The minimum atomic E-state index is -0.434. The van der Waals surface area contributed by atoms with Crippen LogP contribution in [0.4, 0.5) is 4.79 Å². The topological polar surface area (TPSA) is 109 Å². The molecule has 1 aliphatic heterocycles. The number of amides is 2. The first-order valence-electron chi connectivity index (χ1n) is 8.81. The maximum Gasteiger partial charge on any atom is 0.409 e. The molecule has 8 heteroatoms.